The number of carboxylic acid groups (broad SMARTS) is 1. The van der Waals surface area contributed by atoms with Crippen molar-refractivity contribution in [3.05, 3.63) is 11.6 Å². The zero-order valence-corrected chi connectivity index (χ0v) is 8.69. The molecule has 4 nitrogen and oxygen atoms in total. The molecule has 2 unspecified atom stereocenters. The fraction of sp³-hybridized carbons (Fsp3) is 0.636. The maximum atomic E-state index is 11.0. The monoisotopic (exact) mass is 209 g/mol. The minimum atomic E-state index is -0.962. The van der Waals surface area contributed by atoms with Gasteiger partial charge >= 0.3 is 5.97 Å². The van der Waals surface area contributed by atoms with Crippen LogP contribution in [0.1, 0.15) is 26.2 Å². The molecule has 0 aliphatic heterocycles. The zero-order chi connectivity index (χ0) is 11.0. The highest BCUT2D eigenvalue weighted by Crippen LogP contribution is 2.49. The second-order valence-corrected chi connectivity index (χ2v) is 4.45. The van der Waals surface area contributed by atoms with E-state index >= 15 is 0 Å². The Bertz CT molecular complexity index is 335. The Labute approximate surface area is 88.4 Å². The van der Waals surface area contributed by atoms with Crippen molar-refractivity contribution in [3.63, 3.8) is 0 Å². The lowest BCUT2D eigenvalue weighted by atomic mass is 9.94. The first-order chi connectivity index (χ1) is 7.08. The van der Waals surface area contributed by atoms with Gasteiger partial charge in [-0.05, 0) is 36.7 Å². The number of carbonyl (C=O) groups excluding carboxylic acids is 1. The average Bonchev–Trinajstić information content (AvgIpc) is 2.90. The number of nitrogens with one attached hydrogen (secondary N) is 1. The molecule has 2 aliphatic carbocycles. The summed E-state index contributed by atoms with van der Waals surface area (Å²) in [5, 5.41) is 11.5. The van der Waals surface area contributed by atoms with Gasteiger partial charge in [0.05, 0.1) is 0 Å². The fourth-order valence-electron chi connectivity index (χ4n) is 2.29. The van der Waals surface area contributed by atoms with Gasteiger partial charge in [0.25, 0.3) is 0 Å². The Morgan fingerprint density at radius 3 is 2.80 bits per heavy atom. The van der Waals surface area contributed by atoms with Gasteiger partial charge in [0, 0.05) is 6.92 Å². The van der Waals surface area contributed by atoms with Gasteiger partial charge < -0.3 is 10.4 Å². The van der Waals surface area contributed by atoms with Gasteiger partial charge in [0.15, 0.2) is 0 Å². The minimum absolute atomic E-state index is 0.291. The molecule has 1 fully saturated rings. The molecule has 0 saturated heterocycles. The molecule has 82 valence electrons. The number of carboxylic acids is 1. The predicted molar refractivity (Wildman–Crippen MR) is 54.2 cm³/mol. The van der Waals surface area contributed by atoms with Crippen LogP contribution in [0.15, 0.2) is 11.6 Å². The molecule has 0 bridgehead atoms. The van der Waals surface area contributed by atoms with Crippen LogP contribution in [0.25, 0.3) is 0 Å². The number of aliphatic carboxylic acids is 1. The first-order valence-corrected chi connectivity index (χ1v) is 5.26. The van der Waals surface area contributed by atoms with E-state index in [2.05, 4.69) is 5.32 Å². The van der Waals surface area contributed by atoms with Crippen molar-refractivity contribution in [3.8, 4) is 0 Å². The van der Waals surface area contributed by atoms with Gasteiger partial charge in [-0.25, -0.2) is 4.79 Å². The number of hydrogen-bond donors (Lipinski definition) is 2. The van der Waals surface area contributed by atoms with Crippen LogP contribution in [-0.4, -0.2) is 23.0 Å². The van der Waals surface area contributed by atoms with E-state index in [1.54, 1.807) is 0 Å². The van der Waals surface area contributed by atoms with Gasteiger partial charge in [-0.1, -0.05) is 6.08 Å². The van der Waals surface area contributed by atoms with E-state index in [1.165, 1.54) is 13.3 Å². The Balaban J connectivity index is 2.06. The molecule has 0 spiro atoms. The second kappa shape index (κ2) is 3.68. The molecule has 0 aromatic carbocycles. The SMILES string of the molecule is CC(=O)N[C@@H](C(=O)O)C1=CCC2CC2C1. The summed E-state index contributed by atoms with van der Waals surface area (Å²) in [4.78, 5) is 21.9. The molecule has 2 rings (SSSR count). The van der Waals surface area contributed by atoms with Crippen molar-refractivity contribution in [2.24, 2.45) is 11.8 Å². The largest absolute Gasteiger partial charge is 0.479 e. The van der Waals surface area contributed by atoms with Crippen LogP contribution in [0.5, 0.6) is 0 Å². The summed E-state index contributed by atoms with van der Waals surface area (Å²) >= 11 is 0. The van der Waals surface area contributed by atoms with E-state index in [1.807, 2.05) is 6.08 Å². The lowest BCUT2D eigenvalue weighted by Crippen LogP contribution is -2.41. The van der Waals surface area contributed by atoms with Crippen LogP contribution in [0.2, 0.25) is 0 Å². The lowest BCUT2D eigenvalue weighted by Gasteiger charge is -2.19. The van der Waals surface area contributed by atoms with Crippen molar-refractivity contribution in [1.82, 2.24) is 5.32 Å². The van der Waals surface area contributed by atoms with Gasteiger partial charge in [-0.3, -0.25) is 4.79 Å². The van der Waals surface area contributed by atoms with Crippen molar-refractivity contribution >= 4 is 11.9 Å². The molecular formula is C11H15NO3. The molecule has 0 heterocycles. The third kappa shape index (κ3) is 2.19. The number of rotatable bonds is 3. The second-order valence-electron chi connectivity index (χ2n) is 4.45. The van der Waals surface area contributed by atoms with Gasteiger partial charge in [0.2, 0.25) is 5.91 Å². The summed E-state index contributed by atoms with van der Waals surface area (Å²) in [5.74, 6) is 0.193. The number of amides is 1. The van der Waals surface area contributed by atoms with E-state index < -0.39 is 12.0 Å². The molecule has 2 aliphatic rings. The average molecular weight is 209 g/mol. The topological polar surface area (TPSA) is 66.4 Å². The van der Waals surface area contributed by atoms with Crippen molar-refractivity contribution in [1.29, 1.82) is 0 Å². The molecule has 1 saturated carbocycles. The maximum Gasteiger partial charge on any atom is 0.330 e. The first-order valence-electron chi connectivity index (χ1n) is 5.26. The zero-order valence-electron chi connectivity index (χ0n) is 8.69. The van der Waals surface area contributed by atoms with Crippen LogP contribution in [0.4, 0.5) is 0 Å². The van der Waals surface area contributed by atoms with Gasteiger partial charge in [0.1, 0.15) is 6.04 Å². The third-order valence-corrected chi connectivity index (χ3v) is 3.22. The Hall–Kier alpha value is -1.32. The van der Waals surface area contributed by atoms with Crippen molar-refractivity contribution in [2.45, 2.75) is 32.2 Å². The summed E-state index contributed by atoms with van der Waals surface area (Å²) in [6, 6.07) is -0.816. The van der Waals surface area contributed by atoms with Crippen molar-refractivity contribution < 1.29 is 14.7 Å². The first kappa shape index (κ1) is 10.2. The molecule has 1 amide bonds. The van der Waals surface area contributed by atoms with E-state index in [4.69, 9.17) is 5.11 Å². The number of hydrogen-bond acceptors (Lipinski definition) is 2. The highest BCUT2D eigenvalue weighted by molar-refractivity contribution is 5.84. The maximum absolute atomic E-state index is 11.0. The number of fused-ring (bicyclic) bond motifs is 1. The smallest absolute Gasteiger partial charge is 0.330 e. The number of allylic oxidation sites excluding steroid dienone is 1. The summed E-state index contributed by atoms with van der Waals surface area (Å²) in [6.45, 7) is 1.35. The molecule has 2 N–H and O–H groups in total. The van der Waals surface area contributed by atoms with Crippen LogP contribution >= 0.6 is 0 Å². The molecule has 0 radical (unpaired) electrons. The van der Waals surface area contributed by atoms with Gasteiger partial charge in [-0.15, -0.1) is 0 Å². The van der Waals surface area contributed by atoms with Crippen LogP contribution in [0.3, 0.4) is 0 Å². The minimum Gasteiger partial charge on any atom is -0.479 e. The Morgan fingerprint density at radius 1 is 1.53 bits per heavy atom. The van der Waals surface area contributed by atoms with E-state index in [0.29, 0.717) is 5.92 Å². The highest BCUT2D eigenvalue weighted by atomic mass is 16.4. The van der Waals surface area contributed by atoms with Crippen LogP contribution in [-0.2, 0) is 9.59 Å². The highest BCUT2D eigenvalue weighted by Gasteiger charge is 2.41. The van der Waals surface area contributed by atoms with E-state index in [9.17, 15) is 9.59 Å². The lowest BCUT2D eigenvalue weighted by molar-refractivity contribution is -0.140. The summed E-state index contributed by atoms with van der Waals surface area (Å²) in [6.07, 6.45) is 5.01. The summed E-state index contributed by atoms with van der Waals surface area (Å²) in [5.41, 5.74) is 0.872. The Morgan fingerprint density at radius 2 is 2.27 bits per heavy atom. The van der Waals surface area contributed by atoms with Gasteiger partial charge in [-0.2, -0.15) is 0 Å². The molecular weight excluding hydrogens is 194 g/mol. The molecule has 0 aromatic rings. The van der Waals surface area contributed by atoms with Crippen LogP contribution in [0, 0.1) is 11.8 Å². The quantitative estimate of drug-likeness (QED) is 0.679. The van der Waals surface area contributed by atoms with Crippen LogP contribution < -0.4 is 5.32 Å². The Kier molecular flexibility index (Phi) is 2.50. The third-order valence-electron chi connectivity index (χ3n) is 3.22. The van der Waals surface area contributed by atoms with E-state index in [-0.39, 0.29) is 5.91 Å². The van der Waals surface area contributed by atoms with E-state index in [0.717, 1.165) is 24.3 Å². The number of carbonyl (C=O) groups is 2. The summed E-state index contributed by atoms with van der Waals surface area (Å²) in [7, 11) is 0. The normalized spacial score (nSPS) is 29.8. The van der Waals surface area contributed by atoms with Crippen molar-refractivity contribution in [2.75, 3.05) is 0 Å². The standard InChI is InChI=1S/C11H15NO3/c1-6(13)12-10(11(14)15)8-3-2-7-4-9(7)5-8/h3,7,9-10H,2,4-5H2,1H3,(H,12,13)(H,14,15)/t7?,9?,10-/m1/s1. The summed E-state index contributed by atoms with van der Waals surface area (Å²) < 4.78 is 0. The molecule has 15 heavy (non-hydrogen) atoms. The molecule has 0 aromatic heterocycles. The molecule has 3 atom stereocenters. The molecule has 4 heteroatoms. The fourth-order valence-corrected chi connectivity index (χ4v) is 2.29. The predicted octanol–water partition coefficient (Wildman–Crippen LogP) is 0.932.